The number of hydrogen-bond acceptors (Lipinski definition) is 3. The van der Waals surface area contributed by atoms with Crippen LogP contribution in [0.3, 0.4) is 0 Å². The molecule has 0 spiro atoms. The van der Waals surface area contributed by atoms with Crippen LogP contribution in [0.5, 0.6) is 5.75 Å². The van der Waals surface area contributed by atoms with Crippen molar-refractivity contribution in [3.05, 3.63) is 29.3 Å². The predicted octanol–water partition coefficient (Wildman–Crippen LogP) is 2.92. The van der Waals surface area contributed by atoms with Crippen molar-refractivity contribution in [2.75, 3.05) is 33.3 Å². The van der Waals surface area contributed by atoms with Crippen molar-refractivity contribution in [3.63, 3.8) is 0 Å². The topological polar surface area (TPSA) is 41.6 Å². The van der Waals surface area contributed by atoms with E-state index in [-0.39, 0.29) is 17.8 Å². The van der Waals surface area contributed by atoms with Gasteiger partial charge in [-0.25, -0.2) is 0 Å². The molecule has 3 aliphatic rings. The maximum atomic E-state index is 13.6. The third-order valence-corrected chi connectivity index (χ3v) is 6.50. The Hall–Kier alpha value is -1.26. The van der Waals surface area contributed by atoms with Crippen LogP contribution in [0.15, 0.2) is 18.2 Å². The number of nitrogens with one attached hydrogen (secondary N) is 1. The molecule has 1 N–H and O–H groups in total. The first-order valence-corrected chi connectivity index (χ1v) is 9.29. The summed E-state index contributed by atoms with van der Waals surface area (Å²) in [5.41, 5.74) is 1.96. The summed E-state index contributed by atoms with van der Waals surface area (Å²) < 4.78 is 5.52. The van der Waals surface area contributed by atoms with Gasteiger partial charge in [0.2, 0.25) is 5.91 Å². The summed E-state index contributed by atoms with van der Waals surface area (Å²) in [7, 11) is 1.71. The molecule has 0 aromatic heterocycles. The molecule has 0 bridgehead atoms. The second kappa shape index (κ2) is 7.16. The standard InChI is InChI=1S/C20H28N2O2.ClH/c1-14-5-6-17(9-18(14)24-2)20(7-3-4-8-20)19(23)22-12-15-10-21-11-16(15)13-22;/h5-6,9,15-16,21H,3-4,7-8,10-13H2,1-2H3;1H/t15-,16+;. The van der Waals surface area contributed by atoms with E-state index in [2.05, 4.69) is 35.3 Å². The summed E-state index contributed by atoms with van der Waals surface area (Å²) in [5.74, 6) is 2.56. The number of halogens is 1. The maximum absolute atomic E-state index is 13.6. The van der Waals surface area contributed by atoms with Gasteiger partial charge in [0.1, 0.15) is 5.75 Å². The van der Waals surface area contributed by atoms with E-state index < -0.39 is 0 Å². The van der Waals surface area contributed by atoms with Crippen LogP contribution in [0.25, 0.3) is 0 Å². The van der Waals surface area contributed by atoms with Gasteiger partial charge >= 0.3 is 0 Å². The Bertz CT molecular complexity index is 631. The highest BCUT2D eigenvalue weighted by atomic mass is 35.5. The molecule has 25 heavy (non-hydrogen) atoms. The molecule has 2 heterocycles. The van der Waals surface area contributed by atoms with E-state index in [4.69, 9.17) is 4.74 Å². The lowest BCUT2D eigenvalue weighted by Gasteiger charge is -2.33. The number of fused-ring (bicyclic) bond motifs is 1. The second-order valence-electron chi connectivity index (χ2n) is 7.86. The molecule has 0 unspecified atom stereocenters. The third-order valence-electron chi connectivity index (χ3n) is 6.50. The minimum Gasteiger partial charge on any atom is -0.496 e. The van der Waals surface area contributed by atoms with E-state index >= 15 is 0 Å². The van der Waals surface area contributed by atoms with E-state index in [1.807, 2.05) is 0 Å². The summed E-state index contributed by atoms with van der Waals surface area (Å²) in [6, 6.07) is 6.36. The second-order valence-corrected chi connectivity index (χ2v) is 7.86. The van der Waals surface area contributed by atoms with Crippen LogP contribution < -0.4 is 10.1 Å². The van der Waals surface area contributed by atoms with Gasteiger partial charge in [-0.1, -0.05) is 25.0 Å². The largest absolute Gasteiger partial charge is 0.496 e. The van der Waals surface area contributed by atoms with E-state index in [0.717, 1.165) is 68.7 Å². The minimum atomic E-state index is -0.326. The molecule has 4 nitrogen and oxygen atoms in total. The van der Waals surface area contributed by atoms with Crippen molar-refractivity contribution in [3.8, 4) is 5.75 Å². The predicted molar refractivity (Wildman–Crippen MR) is 102 cm³/mol. The number of hydrogen-bond donors (Lipinski definition) is 1. The van der Waals surface area contributed by atoms with Crippen LogP contribution >= 0.6 is 12.4 Å². The zero-order chi connectivity index (χ0) is 16.7. The van der Waals surface area contributed by atoms with Crippen molar-refractivity contribution in [1.82, 2.24) is 10.2 Å². The summed E-state index contributed by atoms with van der Waals surface area (Å²) in [6.07, 6.45) is 4.23. The Labute approximate surface area is 156 Å². The lowest BCUT2D eigenvalue weighted by atomic mass is 9.77. The van der Waals surface area contributed by atoms with Crippen LogP contribution in [0, 0.1) is 18.8 Å². The van der Waals surface area contributed by atoms with Gasteiger partial charge in [-0.05, 0) is 48.8 Å². The molecule has 1 aromatic rings. The van der Waals surface area contributed by atoms with Crippen LogP contribution in [0.2, 0.25) is 0 Å². The fraction of sp³-hybridized carbons (Fsp3) is 0.650. The first-order valence-electron chi connectivity index (χ1n) is 9.29. The van der Waals surface area contributed by atoms with Crippen LogP contribution in [0.1, 0.15) is 36.8 Å². The number of nitrogens with zero attached hydrogens (tertiary/aromatic N) is 1. The summed E-state index contributed by atoms with van der Waals surface area (Å²) in [5, 5.41) is 3.46. The summed E-state index contributed by atoms with van der Waals surface area (Å²) in [6.45, 7) is 6.06. The van der Waals surface area contributed by atoms with Gasteiger partial charge in [-0.2, -0.15) is 0 Å². The number of likely N-dealkylation sites (tertiary alicyclic amines) is 1. The Balaban J connectivity index is 0.00000182. The fourth-order valence-corrected chi connectivity index (χ4v) is 5.05. The molecule has 3 fully saturated rings. The molecule has 2 aliphatic heterocycles. The highest BCUT2D eigenvalue weighted by molar-refractivity contribution is 5.89. The average Bonchev–Trinajstić information content (AvgIpc) is 3.30. The summed E-state index contributed by atoms with van der Waals surface area (Å²) >= 11 is 0. The molecule has 2 atom stereocenters. The molecular formula is C20H29ClN2O2. The first kappa shape index (κ1) is 18.5. The molecule has 2 saturated heterocycles. The smallest absolute Gasteiger partial charge is 0.233 e. The van der Waals surface area contributed by atoms with E-state index in [1.54, 1.807) is 7.11 Å². The Morgan fingerprint density at radius 2 is 1.84 bits per heavy atom. The number of rotatable bonds is 3. The fourth-order valence-electron chi connectivity index (χ4n) is 5.05. The van der Waals surface area contributed by atoms with Crippen molar-refractivity contribution >= 4 is 18.3 Å². The molecular weight excluding hydrogens is 336 g/mol. The maximum Gasteiger partial charge on any atom is 0.233 e. The Morgan fingerprint density at radius 3 is 2.44 bits per heavy atom. The lowest BCUT2D eigenvalue weighted by molar-refractivity contribution is -0.136. The van der Waals surface area contributed by atoms with Gasteiger partial charge in [0.25, 0.3) is 0 Å². The third kappa shape index (κ3) is 3.04. The van der Waals surface area contributed by atoms with Crippen molar-refractivity contribution in [2.45, 2.75) is 38.0 Å². The number of benzene rings is 1. The normalized spacial score (nSPS) is 27.0. The van der Waals surface area contributed by atoms with Crippen LogP contribution in [-0.4, -0.2) is 44.1 Å². The molecule has 1 saturated carbocycles. The van der Waals surface area contributed by atoms with Gasteiger partial charge in [0, 0.05) is 26.2 Å². The van der Waals surface area contributed by atoms with E-state index in [9.17, 15) is 4.79 Å². The SMILES string of the molecule is COc1cc(C2(C(=O)N3C[C@H]4CNC[C@H]4C3)CCCC2)ccc1C.Cl. The van der Waals surface area contributed by atoms with Crippen molar-refractivity contribution < 1.29 is 9.53 Å². The number of methoxy groups -OCH3 is 1. The van der Waals surface area contributed by atoms with Gasteiger partial charge in [-0.15, -0.1) is 12.4 Å². The monoisotopic (exact) mass is 364 g/mol. The van der Waals surface area contributed by atoms with Gasteiger partial charge in [-0.3, -0.25) is 4.79 Å². The molecule has 1 aliphatic carbocycles. The number of carbonyl (C=O) groups is 1. The molecule has 5 heteroatoms. The Kier molecular flexibility index (Phi) is 5.31. The van der Waals surface area contributed by atoms with Crippen molar-refractivity contribution in [2.24, 2.45) is 11.8 Å². The zero-order valence-corrected chi connectivity index (χ0v) is 16.0. The van der Waals surface area contributed by atoms with Gasteiger partial charge in [0.05, 0.1) is 12.5 Å². The van der Waals surface area contributed by atoms with E-state index in [1.165, 1.54) is 0 Å². The van der Waals surface area contributed by atoms with Crippen LogP contribution in [0.4, 0.5) is 0 Å². The summed E-state index contributed by atoms with van der Waals surface area (Å²) in [4.78, 5) is 15.7. The van der Waals surface area contributed by atoms with Crippen LogP contribution in [-0.2, 0) is 10.2 Å². The average molecular weight is 365 g/mol. The van der Waals surface area contributed by atoms with Gasteiger partial charge in [0.15, 0.2) is 0 Å². The minimum absolute atomic E-state index is 0. The first-order chi connectivity index (χ1) is 11.6. The molecule has 0 radical (unpaired) electrons. The Morgan fingerprint density at radius 1 is 1.20 bits per heavy atom. The highest BCUT2D eigenvalue weighted by Crippen LogP contribution is 2.45. The quantitative estimate of drug-likeness (QED) is 0.896. The molecule has 1 aromatic carbocycles. The number of amides is 1. The molecule has 1 amide bonds. The highest BCUT2D eigenvalue weighted by Gasteiger charge is 2.48. The van der Waals surface area contributed by atoms with E-state index in [0.29, 0.717) is 17.7 Å². The molecule has 4 rings (SSSR count). The number of ether oxygens (including phenoxy) is 1. The van der Waals surface area contributed by atoms with Gasteiger partial charge < -0.3 is 15.0 Å². The zero-order valence-electron chi connectivity index (χ0n) is 15.2. The number of aryl methyl sites for hydroxylation is 1. The van der Waals surface area contributed by atoms with Crippen molar-refractivity contribution in [1.29, 1.82) is 0 Å². The number of carbonyl (C=O) groups excluding carboxylic acids is 1. The molecule has 138 valence electrons. The lowest BCUT2D eigenvalue weighted by Crippen LogP contribution is -2.45.